The van der Waals surface area contributed by atoms with Crippen LogP contribution in [0, 0.1) is 6.42 Å². The van der Waals surface area contributed by atoms with E-state index in [1.807, 2.05) is 48.1 Å². The third-order valence-corrected chi connectivity index (χ3v) is 5.87. The van der Waals surface area contributed by atoms with Crippen molar-refractivity contribution in [1.82, 2.24) is 4.98 Å². The smallest absolute Gasteiger partial charge is 0.0346 e. The van der Waals surface area contributed by atoms with Gasteiger partial charge in [0.15, 0.2) is 0 Å². The van der Waals surface area contributed by atoms with Crippen LogP contribution >= 0.6 is 23.5 Å². The molecule has 0 N–H and O–H groups in total. The Labute approximate surface area is 123 Å². The Morgan fingerprint density at radius 2 is 2.21 bits per heavy atom. The molecule has 97 valence electrons. The number of nitrogens with zero attached hydrogens (tertiary/aromatic N) is 1. The van der Waals surface area contributed by atoms with Crippen LogP contribution in [0.25, 0.3) is 5.57 Å². The van der Waals surface area contributed by atoms with Gasteiger partial charge < -0.3 is 0 Å². The van der Waals surface area contributed by atoms with Crippen molar-refractivity contribution in [2.45, 2.75) is 12.8 Å². The highest BCUT2D eigenvalue weighted by Gasteiger charge is 2.25. The first-order chi connectivity index (χ1) is 9.40. The summed E-state index contributed by atoms with van der Waals surface area (Å²) >= 11 is 3.98. The maximum atomic E-state index is 4.28. The summed E-state index contributed by atoms with van der Waals surface area (Å²) in [4.78, 5) is 7.20. The highest BCUT2D eigenvalue weighted by Crippen LogP contribution is 2.49. The lowest BCUT2D eigenvalue weighted by molar-refractivity contribution is 1.05. The Kier molecular flexibility index (Phi) is 4.14. The van der Waals surface area contributed by atoms with Crippen LogP contribution in [0.5, 0.6) is 0 Å². The van der Waals surface area contributed by atoms with Crippen LogP contribution in [0.1, 0.15) is 18.4 Å². The second kappa shape index (κ2) is 6.02. The zero-order chi connectivity index (χ0) is 13.1. The lowest BCUT2D eigenvalue weighted by atomic mass is 9.90. The van der Waals surface area contributed by atoms with Crippen LogP contribution < -0.4 is 0 Å². The molecule has 1 aromatic heterocycles. The molecule has 3 heteroatoms. The molecule has 0 unspecified atom stereocenters. The predicted octanol–water partition coefficient (Wildman–Crippen LogP) is 4.71. The van der Waals surface area contributed by atoms with E-state index < -0.39 is 0 Å². The van der Waals surface area contributed by atoms with Gasteiger partial charge in [-0.1, -0.05) is 17.7 Å². The van der Waals surface area contributed by atoms with Crippen molar-refractivity contribution in [2.75, 3.05) is 11.5 Å². The fraction of sp³-hybridized carbons (Fsp3) is 0.250. The van der Waals surface area contributed by atoms with Crippen molar-refractivity contribution >= 4 is 29.1 Å². The molecule has 2 heterocycles. The third-order valence-electron chi connectivity index (χ3n) is 3.27. The van der Waals surface area contributed by atoms with Crippen LogP contribution in [0.4, 0.5) is 0 Å². The monoisotopic (exact) mass is 286 g/mol. The molecule has 1 aliphatic carbocycles. The summed E-state index contributed by atoms with van der Waals surface area (Å²) in [5.74, 6) is 2.42. The zero-order valence-electron chi connectivity index (χ0n) is 10.8. The lowest BCUT2D eigenvalue weighted by Gasteiger charge is -2.28. The molecule has 1 aromatic rings. The van der Waals surface area contributed by atoms with E-state index in [9.17, 15) is 0 Å². The van der Waals surface area contributed by atoms with Crippen molar-refractivity contribution in [3.8, 4) is 0 Å². The van der Waals surface area contributed by atoms with E-state index in [1.165, 1.54) is 38.0 Å². The molecule has 1 nitrogen and oxygen atoms in total. The zero-order valence-corrected chi connectivity index (χ0v) is 12.4. The largest absolute Gasteiger partial charge is 0.264 e. The van der Waals surface area contributed by atoms with Gasteiger partial charge in [0.2, 0.25) is 0 Å². The van der Waals surface area contributed by atoms with Gasteiger partial charge in [-0.15, -0.1) is 30.1 Å². The minimum absolute atomic E-state index is 0.961. The molecule has 0 bridgehead atoms. The molecule has 19 heavy (non-hydrogen) atoms. The van der Waals surface area contributed by atoms with Gasteiger partial charge in [0, 0.05) is 45.7 Å². The summed E-state index contributed by atoms with van der Waals surface area (Å²) in [5.41, 5.74) is 4.12. The van der Waals surface area contributed by atoms with Crippen molar-refractivity contribution < 1.29 is 0 Å². The SMILES string of the molecule is C=CCC1=C(c2cccnc2)C2=C([CH]C1)SCCS2. The van der Waals surface area contributed by atoms with E-state index in [0.29, 0.717) is 0 Å². The standard InChI is InChI=1S/C16H16NS2/c1-2-4-12-6-7-14-16(19-10-9-18-14)15(12)13-5-3-8-17-11-13/h2-3,5,7-8,11H,1,4,6,9-10H2. The Morgan fingerprint density at radius 3 is 3.00 bits per heavy atom. The topological polar surface area (TPSA) is 12.9 Å². The Hall–Kier alpha value is -0.930. The van der Waals surface area contributed by atoms with Crippen LogP contribution in [0.15, 0.2) is 52.6 Å². The molecule has 1 aliphatic heterocycles. The summed E-state index contributed by atoms with van der Waals surface area (Å²) in [5, 5.41) is 0. The maximum absolute atomic E-state index is 4.28. The lowest BCUT2D eigenvalue weighted by Crippen LogP contribution is -2.08. The minimum Gasteiger partial charge on any atom is -0.264 e. The molecule has 1 radical (unpaired) electrons. The van der Waals surface area contributed by atoms with Crippen LogP contribution in [-0.4, -0.2) is 16.5 Å². The number of allylic oxidation sites excluding steroid dienone is 4. The summed E-state index contributed by atoms with van der Waals surface area (Å²) in [7, 11) is 0. The molecular weight excluding hydrogens is 270 g/mol. The van der Waals surface area contributed by atoms with E-state index in [2.05, 4.69) is 24.1 Å². The van der Waals surface area contributed by atoms with Crippen molar-refractivity contribution in [3.05, 3.63) is 64.5 Å². The van der Waals surface area contributed by atoms with Gasteiger partial charge in [0.1, 0.15) is 0 Å². The fourth-order valence-corrected chi connectivity index (χ4v) is 4.97. The minimum atomic E-state index is 0.961. The summed E-state index contributed by atoms with van der Waals surface area (Å²) in [6.45, 7) is 3.90. The van der Waals surface area contributed by atoms with Crippen molar-refractivity contribution in [3.63, 3.8) is 0 Å². The van der Waals surface area contributed by atoms with E-state index in [-0.39, 0.29) is 0 Å². The van der Waals surface area contributed by atoms with Crippen LogP contribution in [0.2, 0.25) is 0 Å². The van der Waals surface area contributed by atoms with Crippen molar-refractivity contribution in [2.24, 2.45) is 0 Å². The number of pyridine rings is 1. The Balaban J connectivity index is 2.11. The predicted molar refractivity (Wildman–Crippen MR) is 86.8 cm³/mol. The van der Waals surface area contributed by atoms with Gasteiger partial charge in [-0.3, -0.25) is 4.98 Å². The van der Waals surface area contributed by atoms with Crippen LogP contribution in [0.3, 0.4) is 0 Å². The van der Waals surface area contributed by atoms with Gasteiger partial charge in [-0.05, 0) is 24.5 Å². The normalized spacial score (nSPS) is 19.4. The first kappa shape index (κ1) is 13.1. The molecule has 0 saturated carbocycles. The first-order valence-corrected chi connectivity index (χ1v) is 8.44. The van der Waals surface area contributed by atoms with E-state index in [4.69, 9.17) is 0 Å². The average Bonchev–Trinajstić information content (AvgIpc) is 2.48. The number of thioether (sulfide) groups is 2. The molecule has 0 aromatic carbocycles. The fourth-order valence-electron chi connectivity index (χ4n) is 2.46. The van der Waals surface area contributed by atoms with Crippen LogP contribution in [-0.2, 0) is 0 Å². The molecule has 2 aliphatic rings. The molecular formula is C16H16NS2. The first-order valence-electron chi connectivity index (χ1n) is 6.47. The third kappa shape index (κ3) is 2.67. The maximum Gasteiger partial charge on any atom is 0.0346 e. The van der Waals surface area contributed by atoms with E-state index in [1.54, 1.807) is 0 Å². The highest BCUT2D eigenvalue weighted by atomic mass is 32.2. The van der Waals surface area contributed by atoms with E-state index >= 15 is 0 Å². The van der Waals surface area contributed by atoms with Gasteiger partial charge in [-0.2, -0.15) is 0 Å². The average molecular weight is 286 g/mol. The summed E-state index contributed by atoms with van der Waals surface area (Å²) in [6, 6.07) is 4.19. The van der Waals surface area contributed by atoms with E-state index in [0.717, 1.165) is 12.8 Å². The highest BCUT2D eigenvalue weighted by molar-refractivity contribution is 8.10. The van der Waals surface area contributed by atoms with Gasteiger partial charge in [0.05, 0.1) is 0 Å². The second-order valence-corrected chi connectivity index (χ2v) is 6.75. The molecule has 0 saturated heterocycles. The van der Waals surface area contributed by atoms with Gasteiger partial charge >= 0.3 is 0 Å². The molecule has 3 rings (SSSR count). The van der Waals surface area contributed by atoms with Gasteiger partial charge in [0.25, 0.3) is 0 Å². The summed E-state index contributed by atoms with van der Waals surface area (Å²) < 4.78 is 0. The second-order valence-electron chi connectivity index (χ2n) is 4.51. The molecule has 0 spiro atoms. The number of rotatable bonds is 3. The Bertz CT molecular complexity index is 543. The molecule has 0 fully saturated rings. The number of hydrogen-bond acceptors (Lipinski definition) is 3. The Morgan fingerprint density at radius 1 is 1.32 bits per heavy atom. The summed E-state index contributed by atoms with van der Waals surface area (Å²) in [6.07, 6.45) is 10.2. The number of hydrogen-bond donors (Lipinski definition) is 0. The van der Waals surface area contributed by atoms with Crippen molar-refractivity contribution in [1.29, 1.82) is 0 Å². The number of aromatic nitrogens is 1. The molecule has 0 atom stereocenters. The molecule has 0 amide bonds. The van der Waals surface area contributed by atoms with Gasteiger partial charge in [-0.25, -0.2) is 0 Å². The quantitative estimate of drug-likeness (QED) is 0.747.